The van der Waals surface area contributed by atoms with Crippen molar-refractivity contribution in [3.8, 4) is 11.5 Å². The number of nitroso groups, excluding NO2 is 2. The van der Waals surface area contributed by atoms with E-state index in [1.807, 2.05) is 0 Å². The van der Waals surface area contributed by atoms with Crippen molar-refractivity contribution < 1.29 is 43.1 Å². The minimum atomic E-state index is -0.109. The fourth-order valence-electron chi connectivity index (χ4n) is 1.01. The van der Waals surface area contributed by atoms with Gasteiger partial charge in [0, 0.05) is 0 Å². The monoisotopic (exact) mass is 376 g/mol. The molecule has 0 saturated heterocycles. The number of benzene rings is 2. The molecule has 13 heteroatoms. The van der Waals surface area contributed by atoms with Crippen LogP contribution in [-0.4, -0.2) is 55.9 Å². The van der Waals surface area contributed by atoms with Crippen LogP contribution >= 0.6 is 0 Å². The molecule has 0 atom stereocenters. The number of hydrogen-bond donors (Lipinski definition) is 0. The predicted octanol–water partition coefficient (Wildman–Crippen LogP) is -3.01. The average Bonchev–Trinajstić information content (AvgIpc) is 2.41. The summed E-state index contributed by atoms with van der Waals surface area (Å²) in [6.45, 7) is 0. The quantitative estimate of drug-likeness (QED) is 0.390. The maximum absolute atomic E-state index is 10.4. The zero-order valence-electron chi connectivity index (χ0n) is 12.9. The molecule has 0 unspecified atom stereocenters. The van der Waals surface area contributed by atoms with Gasteiger partial charge in [0.1, 0.15) is 11.4 Å². The molecule has 0 spiro atoms. The topological polar surface area (TPSA) is 294 Å². The van der Waals surface area contributed by atoms with E-state index in [2.05, 4.69) is 10.4 Å². The summed E-state index contributed by atoms with van der Waals surface area (Å²) in [5.74, 6) is -0.218. The Balaban J connectivity index is -0.0000000405. The standard InChI is InChI=1S/2C6H5NO2.Mg.6H2O/c2*8-6-3-1-5(7-9)2-4-6;;;;;;;/h2*1-4,8H;;6*1H2/q;;+2;;;;;;/p-2. The van der Waals surface area contributed by atoms with E-state index in [0.29, 0.717) is 0 Å². The van der Waals surface area contributed by atoms with Crippen LogP contribution in [0.5, 0.6) is 11.5 Å². The molecule has 0 aliphatic carbocycles. The Bertz CT molecular complexity index is 475. The summed E-state index contributed by atoms with van der Waals surface area (Å²) < 4.78 is 0. The molecule has 140 valence electrons. The Morgan fingerprint density at radius 3 is 0.880 bits per heavy atom. The van der Waals surface area contributed by atoms with Gasteiger partial charge < -0.3 is 43.1 Å². The Hall–Kier alpha value is -2.23. The molecule has 0 heterocycles. The van der Waals surface area contributed by atoms with Crippen LogP contribution in [0.2, 0.25) is 0 Å². The molecule has 25 heavy (non-hydrogen) atoms. The molecule has 0 aliphatic rings. The van der Waals surface area contributed by atoms with E-state index >= 15 is 0 Å². The van der Waals surface area contributed by atoms with Crippen LogP contribution in [0.4, 0.5) is 11.4 Å². The molecule has 12 nitrogen and oxygen atoms in total. The maximum atomic E-state index is 10.4. The van der Waals surface area contributed by atoms with Crippen molar-refractivity contribution in [2.45, 2.75) is 0 Å². The predicted molar refractivity (Wildman–Crippen MR) is 90.1 cm³/mol. The second kappa shape index (κ2) is 24.0. The third kappa shape index (κ3) is 18.0. The van der Waals surface area contributed by atoms with Crippen LogP contribution in [0.3, 0.4) is 0 Å². The summed E-state index contributed by atoms with van der Waals surface area (Å²) in [6.07, 6.45) is 0. The molecule has 0 bridgehead atoms. The average molecular weight is 377 g/mol. The Morgan fingerprint density at radius 2 is 0.720 bits per heavy atom. The van der Waals surface area contributed by atoms with Gasteiger partial charge in [-0.1, -0.05) is 24.3 Å². The van der Waals surface area contributed by atoms with Crippen LogP contribution in [-0.2, 0) is 0 Å². The largest absolute Gasteiger partial charge is 2.00 e. The molecule has 12 N–H and O–H groups in total. The summed E-state index contributed by atoms with van der Waals surface area (Å²) in [7, 11) is 0. The summed E-state index contributed by atoms with van der Waals surface area (Å²) in [5, 5.41) is 26.0. The second-order valence-corrected chi connectivity index (χ2v) is 3.17. The normalized spacial score (nSPS) is 6.40. The van der Waals surface area contributed by atoms with Gasteiger partial charge in [0.15, 0.2) is 0 Å². The molecule has 0 saturated carbocycles. The molecule has 0 aliphatic heterocycles. The van der Waals surface area contributed by atoms with Gasteiger partial charge in [-0.25, -0.2) is 0 Å². The zero-order valence-corrected chi connectivity index (χ0v) is 14.3. The van der Waals surface area contributed by atoms with Crippen molar-refractivity contribution in [3.63, 3.8) is 0 Å². The smallest absolute Gasteiger partial charge is 0.872 e. The Labute approximate surface area is 158 Å². The first-order valence-electron chi connectivity index (χ1n) is 4.86. The van der Waals surface area contributed by atoms with Gasteiger partial charge in [-0.3, -0.25) is 0 Å². The second-order valence-electron chi connectivity index (χ2n) is 3.17. The van der Waals surface area contributed by atoms with Crippen molar-refractivity contribution in [1.82, 2.24) is 0 Å². The third-order valence-electron chi connectivity index (χ3n) is 1.88. The Morgan fingerprint density at radius 1 is 0.520 bits per heavy atom. The minimum absolute atomic E-state index is 0. The first kappa shape index (κ1) is 43.4. The van der Waals surface area contributed by atoms with Crippen molar-refractivity contribution in [2.24, 2.45) is 10.4 Å². The number of rotatable bonds is 2. The molecular formula is C12H20MgN2O10. The Kier molecular flexibility index (Phi) is 41.7. The zero-order chi connectivity index (χ0) is 13.4. The molecule has 2 aromatic carbocycles. The molecular weight excluding hydrogens is 356 g/mol. The van der Waals surface area contributed by atoms with Gasteiger partial charge in [0.05, 0.1) is 0 Å². The van der Waals surface area contributed by atoms with E-state index in [-0.39, 0.29) is 78.8 Å². The SMILES string of the molecule is O.O.O.O.O.O.O=Nc1ccc([O-])cc1.O=Nc1ccc([O-])cc1.[Mg+2]. The molecule has 0 radical (unpaired) electrons. The summed E-state index contributed by atoms with van der Waals surface area (Å²) in [5.41, 5.74) is 0.573. The summed E-state index contributed by atoms with van der Waals surface area (Å²) >= 11 is 0. The van der Waals surface area contributed by atoms with Gasteiger partial charge in [0.2, 0.25) is 0 Å². The van der Waals surface area contributed by atoms with E-state index in [1.165, 1.54) is 48.5 Å². The van der Waals surface area contributed by atoms with Crippen molar-refractivity contribution in [2.75, 3.05) is 0 Å². The van der Waals surface area contributed by atoms with Crippen molar-refractivity contribution >= 4 is 34.4 Å². The van der Waals surface area contributed by atoms with Crippen LogP contribution in [0.1, 0.15) is 0 Å². The van der Waals surface area contributed by atoms with E-state index in [9.17, 15) is 20.0 Å². The first-order valence-corrected chi connectivity index (χ1v) is 4.86. The van der Waals surface area contributed by atoms with E-state index in [4.69, 9.17) is 0 Å². The molecule has 0 aromatic heterocycles. The van der Waals surface area contributed by atoms with Crippen molar-refractivity contribution in [1.29, 1.82) is 0 Å². The summed E-state index contributed by atoms with van der Waals surface area (Å²) in [6, 6.07) is 10.7. The van der Waals surface area contributed by atoms with E-state index in [0.717, 1.165) is 0 Å². The first-order chi connectivity index (χ1) is 8.65. The summed E-state index contributed by atoms with van der Waals surface area (Å²) in [4.78, 5) is 19.5. The van der Waals surface area contributed by atoms with E-state index in [1.54, 1.807) is 0 Å². The van der Waals surface area contributed by atoms with E-state index < -0.39 is 0 Å². The van der Waals surface area contributed by atoms with Gasteiger partial charge in [-0.05, 0) is 34.6 Å². The minimum Gasteiger partial charge on any atom is -0.872 e. The number of hydrogen-bond acceptors (Lipinski definition) is 6. The number of nitrogens with zero attached hydrogens (tertiary/aromatic N) is 2. The molecule has 2 rings (SSSR count). The van der Waals surface area contributed by atoms with Crippen LogP contribution < -0.4 is 10.2 Å². The van der Waals surface area contributed by atoms with Crippen LogP contribution in [0, 0.1) is 9.81 Å². The fraction of sp³-hybridized carbons (Fsp3) is 0. The molecule has 0 amide bonds. The van der Waals surface area contributed by atoms with Gasteiger partial charge in [-0.2, -0.15) is 0 Å². The van der Waals surface area contributed by atoms with Gasteiger partial charge in [-0.15, -0.1) is 21.3 Å². The van der Waals surface area contributed by atoms with Gasteiger partial charge in [0.25, 0.3) is 0 Å². The van der Waals surface area contributed by atoms with Crippen molar-refractivity contribution in [3.05, 3.63) is 58.3 Å². The fourth-order valence-corrected chi connectivity index (χ4v) is 1.01. The van der Waals surface area contributed by atoms with Crippen LogP contribution in [0.15, 0.2) is 58.9 Å². The molecule has 2 aromatic rings. The third-order valence-corrected chi connectivity index (χ3v) is 1.88. The molecule has 0 fully saturated rings. The van der Waals surface area contributed by atoms with Gasteiger partial charge >= 0.3 is 23.1 Å². The van der Waals surface area contributed by atoms with Crippen LogP contribution in [0.25, 0.3) is 0 Å². The maximum Gasteiger partial charge on any atom is 2.00 e.